The number of hydrogen-bond donors (Lipinski definition) is 1. The third kappa shape index (κ3) is 2.71. The fourth-order valence-corrected chi connectivity index (χ4v) is 4.12. The molecule has 0 aromatic carbocycles. The van der Waals surface area contributed by atoms with E-state index in [1.165, 1.54) is 20.0 Å². The van der Waals surface area contributed by atoms with Crippen molar-refractivity contribution in [3.8, 4) is 0 Å². The Labute approximate surface area is 110 Å². The Hall–Kier alpha value is -0.570. The number of fused-ring (bicyclic) bond motifs is 1. The zero-order chi connectivity index (χ0) is 13.1. The summed E-state index contributed by atoms with van der Waals surface area (Å²) in [5.41, 5.74) is 0. The summed E-state index contributed by atoms with van der Waals surface area (Å²) in [5.74, 6) is 1.23. The van der Waals surface area contributed by atoms with E-state index in [0.717, 1.165) is 32.1 Å². The van der Waals surface area contributed by atoms with Gasteiger partial charge < -0.3 is 9.84 Å². The van der Waals surface area contributed by atoms with Crippen molar-refractivity contribution in [2.24, 2.45) is 23.7 Å². The van der Waals surface area contributed by atoms with Crippen LogP contribution in [0.4, 0.5) is 0 Å². The molecule has 0 amide bonds. The fraction of sp³-hybridized carbons (Fsp3) is 0.933. The first-order valence-electron chi connectivity index (χ1n) is 7.41. The molecule has 104 valence electrons. The molecule has 0 spiro atoms. The number of hydrogen-bond acceptors (Lipinski definition) is 3. The molecular weight excluding hydrogens is 228 g/mol. The number of carbonyl (C=O) groups is 1. The van der Waals surface area contributed by atoms with Crippen molar-refractivity contribution in [2.45, 2.75) is 58.0 Å². The van der Waals surface area contributed by atoms with Crippen LogP contribution in [0.25, 0.3) is 0 Å². The van der Waals surface area contributed by atoms with Crippen LogP contribution in [0.5, 0.6) is 0 Å². The van der Waals surface area contributed by atoms with E-state index < -0.39 is 0 Å². The van der Waals surface area contributed by atoms with Gasteiger partial charge in [0.15, 0.2) is 0 Å². The fourth-order valence-electron chi connectivity index (χ4n) is 4.12. The second kappa shape index (κ2) is 6.05. The van der Waals surface area contributed by atoms with E-state index in [4.69, 9.17) is 4.74 Å². The highest BCUT2D eigenvalue weighted by Crippen LogP contribution is 2.43. The van der Waals surface area contributed by atoms with Gasteiger partial charge in [0.1, 0.15) is 0 Å². The summed E-state index contributed by atoms with van der Waals surface area (Å²) in [7, 11) is 1.49. The molecule has 18 heavy (non-hydrogen) atoms. The molecule has 4 unspecified atom stereocenters. The van der Waals surface area contributed by atoms with Gasteiger partial charge in [0.25, 0.3) is 0 Å². The molecule has 2 rings (SSSR count). The number of ether oxygens (including phenoxy) is 1. The Morgan fingerprint density at radius 1 is 1.06 bits per heavy atom. The predicted molar refractivity (Wildman–Crippen MR) is 70.0 cm³/mol. The van der Waals surface area contributed by atoms with Crippen molar-refractivity contribution in [3.05, 3.63) is 0 Å². The normalized spacial score (nSPS) is 41.4. The number of carbonyl (C=O) groups excluding carboxylic acids is 1. The van der Waals surface area contributed by atoms with Crippen LogP contribution in [0.15, 0.2) is 0 Å². The third-order valence-corrected chi connectivity index (χ3v) is 5.20. The first-order valence-corrected chi connectivity index (χ1v) is 7.41. The minimum Gasteiger partial charge on any atom is -0.469 e. The molecule has 0 saturated heterocycles. The third-order valence-electron chi connectivity index (χ3n) is 5.20. The topological polar surface area (TPSA) is 46.5 Å². The second-order valence-electron chi connectivity index (χ2n) is 6.10. The Balaban J connectivity index is 2.16. The lowest BCUT2D eigenvalue weighted by molar-refractivity contribution is -0.150. The SMILES string of the molecule is COC(=O)[C@H]1CCCC(O)C2CCCCC2C1C. The van der Waals surface area contributed by atoms with E-state index in [-0.39, 0.29) is 18.0 Å². The maximum Gasteiger partial charge on any atom is 0.308 e. The minimum absolute atomic E-state index is 0.0353. The maximum absolute atomic E-state index is 11.9. The average molecular weight is 254 g/mol. The highest BCUT2D eigenvalue weighted by molar-refractivity contribution is 5.72. The summed E-state index contributed by atoms with van der Waals surface area (Å²) < 4.78 is 4.96. The summed E-state index contributed by atoms with van der Waals surface area (Å²) in [5, 5.41) is 10.3. The lowest BCUT2D eigenvalue weighted by Crippen LogP contribution is -2.40. The molecule has 2 aliphatic carbocycles. The largest absolute Gasteiger partial charge is 0.469 e. The highest BCUT2D eigenvalue weighted by Gasteiger charge is 2.40. The Morgan fingerprint density at radius 2 is 1.72 bits per heavy atom. The lowest BCUT2D eigenvalue weighted by atomic mass is 9.64. The molecule has 3 heteroatoms. The molecule has 0 aromatic heterocycles. The standard InChI is InChI=1S/C15H26O3/c1-10-11-6-3-4-7-13(11)14(16)9-5-8-12(10)15(17)18-2/h10-14,16H,3-9H2,1-2H3/t10?,11?,12-,13?,14?/m0/s1. The summed E-state index contributed by atoms with van der Waals surface area (Å²) >= 11 is 0. The minimum atomic E-state index is -0.156. The van der Waals surface area contributed by atoms with Gasteiger partial charge in [0.05, 0.1) is 19.1 Å². The highest BCUT2D eigenvalue weighted by atomic mass is 16.5. The molecule has 0 aromatic rings. The van der Waals surface area contributed by atoms with Crippen LogP contribution in [-0.4, -0.2) is 24.3 Å². The summed E-state index contributed by atoms with van der Waals surface area (Å²) in [6, 6.07) is 0. The van der Waals surface area contributed by atoms with Crippen LogP contribution in [0.2, 0.25) is 0 Å². The first-order chi connectivity index (χ1) is 8.65. The van der Waals surface area contributed by atoms with Gasteiger partial charge in [-0.2, -0.15) is 0 Å². The van der Waals surface area contributed by atoms with Crippen molar-refractivity contribution in [1.82, 2.24) is 0 Å². The molecule has 3 nitrogen and oxygen atoms in total. The Kier molecular flexibility index (Phi) is 4.66. The first kappa shape index (κ1) is 13.9. The molecule has 0 bridgehead atoms. The van der Waals surface area contributed by atoms with E-state index in [0.29, 0.717) is 17.8 Å². The Morgan fingerprint density at radius 3 is 2.39 bits per heavy atom. The molecule has 0 heterocycles. The summed E-state index contributed by atoms with van der Waals surface area (Å²) in [6.07, 6.45) is 7.26. The van der Waals surface area contributed by atoms with Crippen LogP contribution in [0.3, 0.4) is 0 Å². The second-order valence-corrected chi connectivity index (χ2v) is 6.10. The van der Waals surface area contributed by atoms with E-state index in [9.17, 15) is 9.90 Å². The van der Waals surface area contributed by atoms with Gasteiger partial charge in [-0.25, -0.2) is 0 Å². The van der Waals surface area contributed by atoms with Crippen LogP contribution < -0.4 is 0 Å². The molecular formula is C15H26O3. The molecule has 2 saturated carbocycles. The van der Waals surface area contributed by atoms with Gasteiger partial charge in [-0.05, 0) is 43.4 Å². The number of rotatable bonds is 1. The van der Waals surface area contributed by atoms with Crippen LogP contribution in [-0.2, 0) is 9.53 Å². The molecule has 0 radical (unpaired) electrons. The van der Waals surface area contributed by atoms with Crippen LogP contribution >= 0.6 is 0 Å². The summed E-state index contributed by atoms with van der Waals surface area (Å²) in [6.45, 7) is 2.18. The van der Waals surface area contributed by atoms with Crippen LogP contribution in [0.1, 0.15) is 51.9 Å². The van der Waals surface area contributed by atoms with Gasteiger partial charge >= 0.3 is 5.97 Å². The zero-order valence-electron chi connectivity index (χ0n) is 11.6. The van der Waals surface area contributed by atoms with E-state index in [1.54, 1.807) is 0 Å². The molecule has 2 fully saturated rings. The van der Waals surface area contributed by atoms with Crippen molar-refractivity contribution in [2.75, 3.05) is 7.11 Å². The maximum atomic E-state index is 11.9. The van der Waals surface area contributed by atoms with Gasteiger partial charge in [0, 0.05) is 0 Å². The van der Waals surface area contributed by atoms with Crippen molar-refractivity contribution >= 4 is 5.97 Å². The number of aliphatic hydroxyl groups is 1. The van der Waals surface area contributed by atoms with Crippen molar-refractivity contribution in [3.63, 3.8) is 0 Å². The van der Waals surface area contributed by atoms with Crippen LogP contribution in [0, 0.1) is 23.7 Å². The molecule has 5 atom stereocenters. The zero-order valence-corrected chi connectivity index (χ0v) is 11.6. The average Bonchev–Trinajstić information content (AvgIpc) is 2.40. The lowest BCUT2D eigenvalue weighted by Gasteiger charge is -2.42. The quantitative estimate of drug-likeness (QED) is 0.732. The van der Waals surface area contributed by atoms with Gasteiger partial charge in [0.2, 0.25) is 0 Å². The van der Waals surface area contributed by atoms with E-state index in [2.05, 4.69) is 6.92 Å². The number of methoxy groups -OCH3 is 1. The predicted octanol–water partition coefficient (Wildman–Crippen LogP) is 2.76. The smallest absolute Gasteiger partial charge is 0.308 e. The van der Waals surface area contributed by atoms with Crippen molar-refractivity contribution in [1.29, 1.82) is 0 Å². The Bertz CT molecular complexity index is 289. The van der Waals surface area contributed by atoms with E-state index in [1.807, 2.05) is 0 Å². The van der Waals surface area contributed by atoms with E-state index >= 15 is 0 Å². The monoisotopic (exact) mass is 254 g/mol. The van der Waals surface area contributed by atoms with Gasteiger partial charge in [-0.1, -0.05) is 26.2 Å². The molecule has 0 aliphatic heterocycles. The molecule has 2 aliphatic rings. The van der Waals surface area contributed by atoms with Gasteiger partial charge in [-0.3, -0.25) is 4.79 Å². The van der Waals surface area contributed by atoms with Gasteiger partial charge in [-0.15, -0.1) is 0 Å². The summed E-state index contributed by atoms with van der Waals surface area (Å²) in [4.78, 5) is 11.9. The molecule has 1 N–H and O–H groups in total. The van der Waals surface area contributed by atoms with Crippen molar-refractivity contribution < 1.29 is 14.6 Å². The number of esters is 1. The number of aliphatic hydroxyl groups excluding tert-OH is 1.